The molecule has 2 rings (SSSR count). The van der Waals surface area contributed by atoms with Gasteiger partial charge in [0.25, 0.3) is 10.0 Å². The molecule has 0 aromatic carbocycles. The van der Waals surface area contributed by atoms with Crippen LogP contribution in [0.1, 0.15) is 31.7 Å². The third-order valence-electron chi connectivity index (χ3n) is 3.29. The van der Waals surface area contributed by atoms with E-state index >= 15 is 0 Å². The van der Waals surface area contributed by atoms with Gasteiger partial charge in [0.15, 0.2) is 5.03 Å². The van der Waals surface area contributed by atoms with E-state index in [-0.39, 0.29) is 11.1 Å². The normalized spacial score (nSPS) is 20.1. The lowest BCUT2D eigenvalue weighted by Crippen LogP contribution is -2.36. The minimum absolute atomic E-state index is 0.0290. The van der Waals surface area contributed by atoms with Crippen LogP contribution in [0.4, 0.5) is 0 Å². The average molecular weight is 302 g/mol. The maximum atomic E-state index is 12.3. The van der Waals surface area contributed by atoms with Gasteiger partial charge >= 0.3 is 0 Å². The number of sulfonamides is 1. The van der Waals surface area contributed by atoms with Crippen molar-refractivity contribution in [2.24, 2.45) is 0 Å². The topological polar surface area (TPSA) is 96.1 Å². The van der Waals surface area contributed by atoms with Crippen LogP contribution < -0.4 is 10.0 Å². The predicted octanol–water partition coefficient (Wildman–Crippen LogP) is 0.367. The van der Waals surface area contributed by atoms with Gasteiger partial charge in [-0.2, -0.15) is 5.10 Å². The fourth-order valence-electron chi connectivity index (χ4n) is 2.16. The molecule has 2 heterocycles. The fourth-order valence-corrected chi connectivity index (χ4v) is 3.35. The zero-order chi connectivity index (χ0) is 14.4. The second-order valence-corrected chi connectivity index (χ2v) is 6.55. The van der Waals surface area contributed by atoms with E-state index in [2.05, 4.69) is 20.2 Å². The second-order valence-electron chi connectivity index (χ2n) is 4.85. The largest absolute Gasteiger partial charge is 0.377 e. The van der Waals surface area contributed by atoms with E-state index in [9.17, 15) is 8.42 Å². The van der Waals surface area contributed by atoms with Gasteiger partial charge in [0.2, 0.25) is 0 Å². The fraction of sp³-hybridized carbons (Fsp3) is 0.750. The van der Waals surface area contributed by atoms with Gasteiger partial charge in [-0.05, 0) is 25.8 Å². The van der Waals surface area contributed by atoms with Gasteiger partial charge in [-0.1, -0.05) is 6.92 Å². The smallest absolute Gasteiger partial charge is 0.257 e. The molecule has 1 aromatic rings. The van der Waals surface area contributed by atoms with Crippen molar-refractivity contribution in [3.8, 4) is 0 Å². The molecule has 8 heteroatoms. The molecule has 114 valence electrons. The van der Waals surface area contributed by atoms with Crippen molar-refractivity contribution in [3.63, 3.8) is 0 Å². The highest BCUT2D eigenvalue weighted by atomic mass is 32.2. The molecule has 1 aliphatic heterocycles. The summed E-state index contributed by atoms with van der Waals surface area (Å²) in [4.78, 5) is 0. The summed E-state index contributed by atoms with van der Waals surface area (Å²) >= 11 is 0. The van der Waals surface area contributed by atoms with Crippen LogP contribution in [-0.4, -0.2) is 44.4 Å². The monoisotopic (exact) mass is 302 g/mol. The Hall–Kier alpha value is -0.960. The Morgan fingerprint density at radius 3 is 3.05 bits per heavy atom. The Kier molecular flexibility index (Phi) is 5.53. The molecular weight excluding hydrogens is 280 g/mol. The summed E-state index contributed by atoms with van der Waals surface area (Å²) in [5, 5.41) is 9.61. The van der Waals surface area contributed by atoms with Gasteiger partial charge in [-0.15, -0.1) is 0 Å². The van der Waals surface area contributed by atoms with Crippen LogP contribution in [0.2, 0.25) is 0 Å². The van der Waals surface area contributed by atoms with E-state index < -0.39 is 10.0 Å². The standard InChI is InChI=1S/C12H22N4O3S/c1-2-13-7-10-8-14-16-12(10)20(17,18)15-9-11-5-3-4-6-19-11/h8,11,13,15H,2-7,9H2,1H3,(H,14,16). The van der Waals surface area contributed by atoms with Gasteiger partial charge in [-0.25, -0.2) is 13.1 Å². The molecule has 3 N–H and O–H groups in total. The van der Waals surface area contributed by atoms with Gasteiger partial charge < -0.3 is 10.1 Å². The zero-order valence-electron chi connectivity index (χ0n) is 11.7. The first-order valence-electron chi connectivity index (χ1n) is 6.97. The number of aromatic nitrogens is 2. The summed E-state index contributed by atoms with van der Waals surface area (Å²) in [6.45, 7) is 4.23. The van der Waals surface area contributed by atoms with Crippen LogP contribution in [0.15, 0.2) is 11.2 Å². The number of aromatic amines is 1. The summed E-state index contributed by atoms with van der Waals surface area (Å²) in [7, 11) is -3.57. The minimum Gasteiger partial charge on any atom is -0.377 e. The Bertz CT molecular complexity index is 509. The summed E-state index contributed by atoms with van der Waals surface area (Å²) in [5.74, 6) is 0. The third kappa shape index (κ3) is 4.02. The molecule has 1 saturated heterocycles. The molecule has 0 radical (unpaired) electrons. The highest BCUT2D eigenvalue weighted by molar-refractivity contribution is 7.89. The predicted molar refractivity (Wildman–Crippen MR) is 74.7 cm³/mol. The molecular formula is C12H22N4O3S. The molecule has 1 aromatic heterocycles. The second kappa shape index (κ2) is 7.16. The highest BCUT2D eigenvalue weighted by Gasteiger charge is 2.23. The van der Waals surface area contributed by atoms with Crippen molar-refractivity contribution >= 4 is 10.0 Å². The maximum absolute atomic E-state index is 12.3. The van der Waals surface area contributed by atoms with Crippen LogP contribution in [0.3, 0.4) is 0 Å². The Morgan fingerprint density at radius 2 is 2.35 bits per heavy atom. The van der Waals surface area contributed by atoms with E-state index in [1.54, 1.807) is 0 Å². The lowest BCUT2D eigenvalue weighted by Gasteiger charge is -2.22. The molecule has 1 fully saturated rings. The van der Waals surface area contributed by atoms with Crippen LogP contribution in [0.5, 0.6) is 0 Å². The van der Waals surface area contributed by atoms with Crippen LogP contribution >= 0.6 is 0 Å². The number of H-pyrrole nitrogens is 1. The van der Waals surface area contributed by atoms with Crippen molar-refractivity contribution in [1.82, 2.24) is 20.2 Å². The molecule has 0 spiro atoms. The van der Waals surface area contributed by atoms with Crippen molar-refractivity contribution in [3.05, 3.63) is 11.8 Å². The van der Waals surface area contributed by atoms with Crippen LogP contribution in [-0.2, 0) is 21.3 Å². The van der Waals surface area contributed by atoms with Gasteiger partial charge in [-0.3, -0.25) is 5.10 Å². The third-order valence-corrected chi connectivity index (χ3v) is 4.72. The summed E-state index contributed by atoms with van der Waals surface area (Å²) < 4.78 is 32.6. The summed E-state index contributed by atoms with van der Waals surface area (Å²) in [5.41, 5.74) is 0.643. The first kappa shape index (κ1) is 15.4. The number of hydrogen-bond donors (Lipinski definition) is 3. The number of nitrogens with zero attached hydrogens (tertiary/aromatic N) is 1. The minimum atomic E-state index is -3.57. The van der Waals surface area contributed by atoms with E-state index in [1.165, 1.54) is 6.20 Å². The van der Waals surface area contributed by atoms with Gasteiger partial charge in [0.1, 0.15) is 0 Å². The Balaban J connectivity index is 1.97. The first-order chi connectivity index (χ1) is 9.63. The number of rotatable bonds is 7. The van der Waals surface area contributed by atoms with Crippen molar-refractivity contribution in [1.29, 1.82) is 0 Å². The van der Waals surface area contributed by atoms with Crippen LogP contribution in [0, 0.1) is 0 Å². The Morgan fingerprint density at radius 1 is 1.50 bits per heavy atom. The average Bonchev–Trinajstić information content (AvgIpc) is 2.93. The maximum Gasteiger partial charge on any atom is 0.257 e. The van der Waals surface area contributed by atoms with E-state index in [0.717, 1.165) is 25.8 Å². The van der Waals surface area contributed by atoms with Crippen molar-refractivity contribution < 1.29 is 13.2 Å². The van der Waals surface area contributed by atoms with E-state index in [1.807, 2.05) is 6.92 Å². The molecule has 7 nitrogen and oxygen atoms in total. The van der Waals surface area contributed by atoms with E-state index in [4.69, 9.17) is 4.74 Å². The molecule has 0 saturated carbocycles. The van der Waals surface area contributed by atoms with Gasteiger partial charge in [0, 0.05) is 25.3 Å². The highest BCUT2D eigenvalue weighted by Crippen LogP contribution is 2.14. The lowest BCUT2D eigenvalue weighted by molar-refractivity contribution is 0.0200. The molecule has 1 unspecified atom stereocenters. The van der Waals surface area contributed by atoms with Crippen LogP contribution in [0.25, 0.3) is 0 Å². The zero-order valence-corrected chi connectivity index (χ0v) is 12.5. The number of ether oxygens (including phenoxy) is 1. The summed E-state index contributed by atoms with van der Waals surface area (Å²) in [6, 6.07) is 0. The van der Waals surface area contributed by atoms with Crippen molar-refractivity contribution in [2.75, 3.05) is 19.7 Å². The number of nitrogens with one attached hydrogen (secondary N) is 3. The molecule has 0 aliphatic carbocycles. The molecule has 1 atom stereocenters. The van der Waals surface area contributed by atoms with E-state index in [0.29, 0.717) is 25.3 Å². The first-order valence-corrected chi connectivity index (χ1v) is 8.46. The SMILES string of the molecule is CCNCc1cn[nH]c1S(=O)(=O)NCC1CCCCO1. The lowest BCUT2D eigenvalue weighted by atomic mass is 10.1. The number of hydrogen-bond acceptors (Lipinski definition) is 5. The molecule has 0 amide bonds. The molecule has 1 aliphatic rings. The summed E-state index contributed by atoms with van der Waals surface area (Å²) in [6.07, 6.45) is 4.54. The van der Waals surface area contributed by atoms with Crippen molar-refractivity contribution in [2.45, 2.75) is 43.9 Å². The quantitative estimate of drug-likeness (QED) is 0.676. The van der Waals surface area contributed by atoms with Gasteiger partial charge in [0.05, 0.1) is 12.3 Å². The molecule has 20 heavy (non-hydrogen) atoms. The Labute approximate surface area is 119 Å². The molecule has 0 bridgehead atoms.